The zero-order valence-corrected chi connectivity index (χ0v) is 11.2. The highest BCUT2D eigenvalue weighted by Crippen LogP contribution is 2.01. The first kappa shape index (κ1) is 14.9. The molecule has 0 aromatic carbocycles. The van der Waals surface area contributed by atoms with E-state index in [0.29, 0.717) is 13.0 Å². The molecule has 0 spiro atoms. The fraction of sp³-hybridized carbons (Fsp3) is 0.833. The average Bonchev–Trinajstić information content (AvgIpc) is 2.37. The average molecular weight is 257 g/mol. The third kappa shape index (κ3) is 5.46. The number of hydrogen-bond acceptors (Lipinski definition) is 4. The van der Waals surface area contributed by atoms with Gasteiger partial charge in [0.25, 0.3) is 0 Å². The molecule has 0 aromatic rings. The van der Waals surface area contributed by atoms with E-state index < -0.39 is 0 Å². The zero-order chi connectivity index (χ0) is 13.4. The van der Waals surface area contributed by atoms with Crippen molar-refractivity contribution in [1.29, 1.82) is 0 Å². The lowest BCUT2D eigenvalue weighted by Crippen LogP contribution is -2.49. The smallest absolute Gasteiger partial charge is 0.242 e. The zero-order valence-electron chi connectivity index (χ0n) is 11.2. The molecule has 1 rings (SSSR count). The van der Waals surface area contributed by atoms with Gasteiger partial charge in [0.2, 0.25) is 11.8 Å². The van der Waals surface area contributed by atoms with Gasteiger partial charge in [0.1, 0.15) is 0 Å². The molecule has 1 atom stereocenters. The highest BCUT2D eigenvalue weighted by molar-refractivity contribution is 5.84. The molecule has 1 unspecified atom stereocenters. The second-order valence-electron chi connectivity index (χ2n) is 4.67. The van der Waals surface area contributed by atoms with E-state index in [1.165, 1.54) is 0 Å². The van der Waals surface area contributed by atoms with Crippen LogP contribution in [0.15, 0.2) is 0 Å². The number of hydrogen-bond donors (Lipinski definition) is 2. The highest BCUT2D eigenvalue weighted by atomic mass is 16.5. The first-order chi connectivity index (χ1) is 8.63. The Morgan fingerprint density at radius 3 is 2.67 bits per heavy atom. The van der Waals surface area contributed by atoms with Crippen molar-refractivity contribution in [2.45, 2.75) is 13.3 Å². The van der Waals surface area contributed by atoms with Crippen LogP contribution in [-0.4, -0.2) is 63.2 Å². The minimum Gasteiger partial charge on any atom is -0.384 e. The summed E-state index contributed by atoms with van der Waals surface area (Å²) in [6.07, 6.45) is 0.392. The molecule has 2 N–H and O–H groups in total. The number of rotatable bonds is 6. The van der Waals surface area contributed by atoms with Crippen molar-refractivity contribution in [3.63, 3.8) is 0 Å². The van der Waals surface area contributed by atoms with Gasteiger partial charge in [-0.3, -0.25) is 9.59 Å². The summed E-state index contributed by atoms with van der Waals surface area (Å²) < 4.78 is 4.96. The minimum absolute atomic E-state index is 0.00996. The third-order valence-electron chi connectivity index (χ3n) is 2.89. The molecule has 1 aliphatic heterocycles. The standard InChI is InChI=1S/C12H23N3O3/c1-10(9-18-2)7-11(16)14-8-12(17)15-5-3-13-4-6-15/h10,13H,3-9H2,1-2H3,(H,14,16). The number of carbonyl (C=O) groups excluding carboxylic acids is 2. The fourth-order valence-corrected chi connectivity index (χ4v) is 1.93. The Morgan fingerprint density at radius 1 is 1.39 bits per heavy atom. The Labute approximate surface area is 108 Å². The first-order valence-electron chi connectivity index (χ1n) is 6.37. The Hall–Kier alpha value is -1.14. The molecule has 6 heteroatoms. The largest absolute Gasteiger partial charge is 0.384 e. The lowest BCUT2D eigenvalue weighted by Gasteiger charge is -2.27. The van der Waals surface area contributed by atoms with E-state index in [9.17, 15) is 9.59 Å². The van der Waals surface area contributed by atoms with Crippen LogP contribution in [0, 0.1) is 5.92 Å². The van der Waals surface area contributed by atoms with E-state index in [2.05, 4.69) is 10.6 Å². The van der Waals surface area contributed by atoms with Gasteiger partial charge in [-0.25, -0.2) is 0 Å². The summed E-state index contributed by atoms with van der Waals surface area (Å²) in [7, 11) is 1.61. The molecule has 0 aromatic heterocycles. The molecule has 1 heterocycles. The van der Waals surface area contributed by atoms with Gasteiger partial charge in [0.05, 0.1) is 6.54 Å². The van der Waals surface area contributed by atoms with E-state index in [1.807, 2.05) is 6.92 Å². The summed E-state index contributed by atoms with van der Waals surface area (Å²) in [6.45, 7) is 5.68. The van der Waals surface area contributed by atoms with Crippen molar-refractivity contribution in [3.05, 3.63) is 0 Å². The Morgan fingerprint density at radius 2 is 2.06 bits per heavy atom. The van der Waals surface area contributed by atoms with Crippen LogP contribution in [0.25, 0.3) is 0 Å². The number of nitrogens with zero attached hydrogens (tertiary/aromatic N) is 1. The van der Waals surface area contributed by atoms with Gasteiger partial charge in [-0.1, -0.05) is 6.92 Å². The maximum atomic E-state index is 11.8. The van der Waals surface area contributed by atoms with Gasteiger partial charge >= 0.3 is 0 Å². The number of piperazine rings is 1. The lowest BCUT2D eigenvalue weighted by molar-refractivity contribution is -0.133. The maximum absolute atomic E-state index is 11.8. The number of methoxy groups -OCH3 is 1. The first-order valence-corrected chi connectivity index (χ1v) is 6.37. The van der Waals surface area contributed by atoms with Crippen LogP contribution in [0.3, 0.4) is 0 Å². The molecule has 1 fully saturated rings. The summed E-state index contributed by atoms with van der Waals surface area (Å²) in [4.78, 5) is 25.1. The number of nitrogens with one attached hydrogen (secondary N) is 2. The van der Waals surface area contributed by atoms with Gasteiger partial charge < -0.3 is 20.3 Å². The molecule has 6 nitrogen and oxygen atoms in total. The summed E-state index contributed by atoms with van der Waals surface area (Å²) in [5.41, 5.74) is 0. The molecular weight excluding hydrogens is 234 g/mol. The molecule has 18 heavy (non-hydrogen) atoms. The van der Waals surface area contributed by atoms with Crippen LogP contribution in [-0.2, 0) is 14.3 Å². The van der Waals surface area contributed by atoms with Crippen LogP contribution in [0.1, 0.15) is 13.3 Å². The van der Waals surface area contributed by atoms with Crippen molar-refractivity contribution in [1.82, 2.24) is 15.5 Å². The quantitative estimate of drug-likeness (QED) is 0.654. The molecule has 0 saturated carbocycles. The van der Waals surface area contributed by atoms with Gasteiger partial charge in [-0.2, -0.15) is 0 Å². The SMILES string of the molecule is COCC(C)CC(=O)NCC(=O)N1CCNCC1. The molecule has 0 radical (unpaired) electrons. The Kier molecular flexibility index (Phi) is 6.67. The molecule has 1 aliphatic rings. The van der Waals surface area contributed by atoms with Gasteiger partial charge in [-0.05, 0) is 5.92 Å². The van der Waals surface area contributed by atoms with Crippen LogP contribution in [0.2, 0.25) is 0 Å². The predicted octanol–water partition coefficient (Wildman–Crippen LogP) is -0.793. The Balaban J connectivity index is 2.18. The third-order valence-corrected chi connectivity index (χ3v) is 2.89. The second kappa shape index (κ2) is 8.05. The highest BCUT2D eigenvalue weighted by Gasteiger charge is 2.17. The number of carbonyl (C=O) groups is 2. The monoisotopic (exact) mass is 257 g/mol. The van der Waals surface area contributed by atoms with Gasteiger partial charge in [-0.15, -0.1) is 0 Å². The van der Waals surface area contributed by atoms with E-state index in [-0.39, 0.29) is 24.3 Å². The molecular formula is C12H23N3O3. The summed E-state index contributed by atoms with van der Waals surface area (Å²) in [5, 5.41) is 5.84. The summed E-state index contributed by atoms with van der Waals surface area (Å²) in [5.74, 6) is 0.0663. The molecule has 0 bridgehead atoms. The fourth-order valence-electron chi connectivity index (χ4n) is 1.93. The van der Waals surface area contributed by atoms with Crippen molar-refractivity contribution < 1.29 is 14.3 Å². The molecule has 1 saturated heterocycles. The van der Waals surface area contributed by atoms with Crippen LogP contribution < -0.4 is 10.6 Å². The normalized spacial score (nSPS) is 17.3. The van der Waals surface area contributed by atoms with Crippen LogP contribution >= 0.6 is 0 Å². The molecule has 2 amide bonds. The predicted molar refractivity (Wildman–Crippen MR) is 68.1 cm³/mol. The minimum atomic E-state index is -0.0944. The summed E-state index contributed by atoms with van der Waals surface area (Å²) in [6, 6.07) is 0. The summed E-state index contributed by atoms with van der Waals surface area (Å²) >= 11 is 0. The van der Waals surface area contributed by atoms with Gasteiger partial charge in [0.15, 0.2) is 0 Å². The van der Waals surface area contributed by atoms with E-state index in [1.54, 1.807) is 12.0 Å². The van der Waals surface area contributed by atoms with E-state index >= 15 is 0 Å². The van der Waals surface area contributed by atoms with Crippen molar-refractivity contribution in [2.75, 3.05) is 46.4 Å². The lowest BCUT2D eigenvalue weighted by atomic mass is 10.1. The Bertz CT molecular complexity index is 278. The maximum Gasteiger partial charge on any atom is 0.242 e. The molecule has 0 aliphatic carbocycles. The topological polar surface area (TPSA) is 70.7 Å². The van der Waals surface area contributed by atoms with Crippen LogP contribution in [0.5, 0.6) is 0 Å². The van der Waals surface area contributed by atoms with Gasteiger partial charge in [0, 0.05) is 46.3 Å². The second-order valence-corrected chi connectivity index (χ2v) is 4.67. The number of amides is 2. The number of ether oxygens (including phenoxy) is 1. The van der Waals surface area contributed by atoms with Crippen LogP contribution in [0.4, 0.5) is 0 Å². The van der Waals surface area contributed by atoms with Crippen molar-refractivity contribution in [2.24, 2.45) is 5.92 Å². The van der Waals surface area contributed by atoms with E-state index in [0.717, 1.165) is 26.2 Å². The molecule has 104 valence electrons. The van der Waals surface area contributed by atoms with E-state index in [4.69, 9.17) is 4.74 Å². The van der Waals surface area contributed by atoms with Crippen molar-refractivity contribution in [3.8, 4) is 0 Å². The van der Waals surface area contributed by atoms with Crippen molar-refractivity contribution >= 4 is 11.8 Å².